The third kappa shape index (κ3) is 4.78. The van der Waals surface area contributed by atoms with Gasteiger partial charge in [0, 0.05) is 25.7 Å². The number of halogens is 1. The van der Waals surface area contributed by atoms with E-state index in [2.05, 4.69) is 10.6 Å². The molecule has 8 nitrogen and oxygen atoms in total. The van der Waals surface area contributed by atoms with Gasteiger partial charge in [-0.15, -0.1) is 0 Å². The molecule has 29 heavy (non-hydrogen) atoms. The minimum atomic E-state index is -3.89. The summed E-state index contributed by atoms with van der Waals surface area (Å²) in [6.07, 6.45) is 0. The molecule has 154 valence electrons. The van der Waals surface area contributed by atoms with E-state index in [9.17, 15) is 22.4 Å². The Hall–Kier alpha value is -2.82. The van der Waals surface area contributed by atoms with Crippen LogP contribution in [0.4, 0.5) is 15.8 Å². The normalized spacial score (nSPS) is 15.0. The number of rotatable bonds is 5. The molecule has 1 fully saturated rings. The van der Waals surface area contributed by atoms with Gasteiger partial charge < -0.3 is 15.4 Å². The van der Waals surface area contributed by atoms with Gasteiger partial charge in [0.1, 0.15) is 5.82 Å². The second kappa shape index (κ2) is 8.68. The fourth-order valence-electron chi connectivity index (χ4n) is 2.89. The monoisotopic (exact) mass is 421 g/mol. The first kappa shape index (κ1) is 20.9. The molecule has 2 aromatic rings. The zero-order valence-corrected chi connectivity index (χ0v) is 16.5. The highest BCUT2D eigenvalue weighted by molar-refractivity contribution is 7.89. The van der Waals surface area contributed by atoms with E-state index in [4.69, 9.17) is 4.74 Å². The number of ether oxygens (including phenoxy) is 1. The molecule has 10 heteroatoms. The molecular weight excluding hydrogens is 401 g/mol. The fraction of sp³-hybridized carbons (Fsp3) is 0.263. The lowest BCUT2D eigenvalue weighted by molar-refractivity contribution is -0.114. The van der Waals surface area contributed by atoms with E-state index in [1.807, 2.05) is 0 Å². The van der Waals surface area contributed by atoms with Crippen LogP contribution >= 0.6 is 0 Å². The summed E-state index contributed by atoms with van der Waals surface area (Å²) in [5, 5.41) is 4.88. The van der Waals surface area contributed by atoms with E-state index in [0.717, 1.165) is 6.07 Å². The Balaban J connectivity index is 1.88. The van der Waals surface area contributed by atoms with Gasteiger partial charge in [0.05, 0.1) is 29.4 Å². The standard InChI is InChI=1S/C19H20FN3O5S/c1-13(24)21-17-12-14(6-7-16(17)20)22-19(25)15-4-2-3-5-18(15)29(26,27)23-8-10-28-11-9-23/h2-7,12H,8-11H2,1H3,(H,21,24)(H,22,25). The molecule has 1 aliphatic heterocycles. The quantitative estimate of drug-likeness (QED) is 0.769. The summed E-state index contributed by atoms with van der Waals surface area (Å²) in [5.41, 5.74) is 0.0765. The highest BCUT2D eigenvalue weighted by Crippen LogP contribution is 2.24. The number of carbonyl (C=O) groups excluding carboxylic acids is 2. The maximum absolute atomic E-state index is 13.8. The summed E-state index contributed by atoms with van der Waals surface area (Å²) in [4.78, 5) is 23.8. The molecule has 0 saturated carbocycles. The van der Waals surface area contributed by atoms with Crippen molar-refractivity contribution in [2.24, 2.45) is 0 Å². The maximum Gasteiger partial charge on any atom is 0.257 e. The molecule has 0 unspecified atom stereocenters. The fourth-order valence-corrected chi connectivity index (χ4v) is 4.49. The SMILES string of the molecule is CC(=O)Nc1cc(NC(=O)c2ccccc2S(=O)(=O)N2CCOCC2)ccc1F. The molecule has 2 amide bonds. The Morgan fingerprint density at radius 3 is 2.45 bits per heavy atom. The van der Waals surface area contributed by atoms with Crippen LogP contribution in [0, 0.1) is 5.82 Å². The van der Waals surface area contributed by atoms with Crippen molar-refractivity contribution in [3.8, 4) is 0 Å². The van der Waals surface area contributed by atoms with E-state index in [1.54, 1.807) is 6.07 Å². The van der Waals surface area contributed by atoms with E-state index in [-0.39, 0.29) is 48.1 Å². The average Bonchev–Trinajstić information content (AvgIpc) is 2.71. The van der Waals surface area contributed by atoms with Crippen LogP contribution < -0.4 is 10.6 Å². The number of hydrogen-bond acceptors (Lipinski definition) is 5. The third-order valence-electron chi connectivity index (χ3n) is 4.25. The van der Waals surface area contributed by atoms with Crippen molar-refractivity contribution in [3.05, 3.63) is 53.8 Å². The highest BCUT2D eigenvalue weighted by Gasteiger charge is 2.30. The minimum absolute atomic E-state index is 0.0376. The molecule has 2 aromatic carbocycles. The average molecular weight is 421 g/mol. The molecule has 1 saturated heterocycles. The zero-order chi connectivity index (χ0) is 21.0. The number of benzene rings is 2. The molecule has 0 aromatic heterocycles. The lowest BCUT2D eigenvalue weighted by Crippen LogP contribution is -2.41. The van der Waals surface area contributed by atoms with E-state index >= 15 is 0 Å². The van der Waals surface area contributed by atoms with Crippen LogP contribution in [0.3, 0.4) is 0 Å². The number of nitrogens with one attached hydrogen (secondary N) is 2. The number of morpholine rings is 1. The highest BCUT2D eigenvalue weighted by atomic mass is 32.2. The molecule has 3 rings (SSSR count). The zero-order valence-electron chi connectivity index (χ0n) is 15.6. The molecule has 0 bridgehead atoms. The smallest absolute Gasteiger partial charge is 0.257 e. The molecule has 0 atom stereocenters. The summed E-state index contributed by atoms with van der Waals surface area (Å²) in [5.74, 6) is -1.79. The van der Waals surface area contributed by atoms with Crippen LogP contribution in [-0.2, 0) is 19.6 Å². The lowest BCUT2D eigenvalue weighted by Gasteiger charge is -2.26. The van der Waals surface area contributed by atoms with Gasteiger partial charge in [-0.05, 0) is 30.3 Å². The Morgan fingerprint density at radius 2 is 1.76 bits per heavy atom. The van der Waals surface area contributed by atoms with Gasteiger partial charge in [-0.1, -0.05) is 12.1 Å². The third-order valence-corrected chi connectivity index (χ3v) is 6.21. The van der Waals surface area contributed by atoms with Gasteiger partial charge in [-0.25, -0.2) is 12.8 Å². The Kier molecular flexibility index (Phi) is 6.26. The van der Waals surface area contributed by atoms with E-state index in [0.29, 0.717) is 0 Å². The number of sulfonamides is 1. The largest absolute Gasteiger partial charge is 0.379 e. The first-order valence-electron chi connectivity index (χ1n) is 8.84. The van der Waals surface area contributed by atoms with Crippen molar-refractivity contribution in [1.82, 2.24) is 4.31 Å². The molecule has 1 heterocycles. The molecule has 0 spiro atoms. The van der Waals surface area contributed by atoms with E-state index < -0.39 is 27.7 Å². The molecule has 2 N–H and O–H groups in total. The predicted octanol–water partition coefficient (Wildman–Crippen LogP) is 2.06. The van der Waals surface area contributed by atoms with E-state index in [1.165, 1.54) is 41.6 Å². The maximum atomic E-state index is 13.8. The first-order chi connectivity index (χ1) is 13.8. The first-order valence-corrected chi connectivity index (χ1v) is 10.3. The summed E-state index contributed by atoms with van der Waals surface area (Å²) < 4.78 is 46.2. The molecule has 0 radical (unpaired) electrons. The van der Waals surface area contributed by atoms with Gasteiger partial charge >= 0.3 is 0 Å². The van der Waals surface area contributed by atoms with Crippen molar-refractivity contribution in [1.29, 1.82) is 0 Å². The summed E-state index contributed by atoms with van der Waals surface area (Å²) in [6.45, 7) is 2.22. The Labute approximate surface area is 167 Å². The second-order valence-electron chi connectivity index (χ2n) is 6.34. The van der Waals surface area contributed by atoms with Crippen LogP contribution in [0.15, 0.2) is 47.4 Å². The van der Waals surface area contributed by atoms with Crippen molar-refractivity contribution >= 4 is 33.2 Å². The number of nitrogens with zero attached hydrogens (tertiary/aromatic N) is 1. The Morgan fingerprint density at radius 1 is 1.07 bits per heavy atom. The minimum Gasteiger partial charge on any atom is -0.379 e. The lowest BCUT2D eigenvalue weighted by atomic mass is 10.2. The Bertz CT molecular complexity index is 1040. The predicted molar refractivity (Wildman–Crippen MR) is 105 cm³/mol. The summed E-state index contributed by atoms with van der Waals surface area (Å²) in [7, 11) is -3.89. The molecule has 1 aliphatic rings. The summed E-state index contributed by atoms with van der Waals surface area (Å²) in [6, 6.07) is 9.54. The van der Waals surface area contributed by atoms with Crippen molar-refractivity contribution < 1.29 is 27.1 Å². The topological polar surface area (TPSA) is 105 Å². The number of anilines is 2. The van der Waals surface area contributed by atoms with Gasteiger partial charge in [0.25, 0.3) is 5.91 Å². The van der Waals surface area contributed by atoms with Crippen molar-refractivity contribution in [2.45, 2.75) is 11.8 Å². The van der Waals surface area contributed by atoms with Crippen molar-refractivity contribution in [2.75, 3.05) is 36.9 Å². The number of amides is 2. The second-order valence-corrected chi connectivity index (χ2v) is 8.25. The van der Waals surface area contributed by atoms with Gasteiger partial charge in [0.15, 0.2) is 0 Å². The molecular formula is C19H20FN3O5S. The van der Waals surface area contributed by atoms with Crippen molar-refractivity contribution in [3.63, 3.8) is 0 Å². The van der Waals surface area contributed by atoms with Crippen LogP contribution in [-0.4, -0.2) is 50.8 Å². The van der Waals surface area contributed by atoms with Gasteiger partial charge in [-0.3, -0.25) is 9.59 Å². The number of hydrogen-bond donors (Lipinski definition) is 2. The molecule has 0 aliphatic carbocycles. The van der Waals surface area contributed by atoms with Crippen LogP contribution in [0.25, 0.3) is 0 Å². The van der Waals surface area contributed by atoms with Gasteiger partial charge in [-0.2, -0.15) is 4.31 Å². The van der Waals surface area contributed by atoms with Gasteiger partial charge in [0.2, 0.25) is 15.9 Å². The summed E-state index contributed by atoms with van der Waals surface area (Å²) >= 11 is 0. The van der Waals surface area contributed by atoms with Crippen LogP contribution in [0.5, 0.6) is 0 Å². The van der Waals surface area contributed by atoms with Crippen LogP contribution in [0.1, 0.15) is 17.3 Å². The van der Waals surface area contributed by atoms with Crippen LogP contribution in [0.2, 0.25) is 0 Å². The number of carbonyl (C=O) groups is 2.